The minimum Gasteiger partial charge on any atom is -0.492 e. The average Bonchev–Trinajstić information content (AvgIpc) is 2.38. The Morgan fingerprint density at radius 3 is 2.67 bits per heavy atom. The van der Waals surface area contributed by atoms with Crippen LogP contribution >= 0.6 is 0 Å². The van der Waals surface area contributed by atoms with Gasteiger partial charge in [-0.1, -0.05) is 0 Å². The van der Waals surface area contributed by atoms with E-state index in [0.717, 1.165) is 0 Å². The molecule has 0 aliphatic heterocycles. The van der Waals surface area contributed by atoms with Crippen molar-refractivity contribution in [2.75, 3.05) is 26.7 Å². The molecular formula is C13H19FN2O2. The summed E-state index contributed by atoms with van der Waals surface area (Å²) in [5.74, 6) is 0.360. The average molecular weight is 254 g/mol. The summed E-state index contributed by atoms with van der Waals surface area (Å²) >= 11 is 0. The van der Waals surface area contributed by atoms with Crippen LogP contribution in [0.5, 0.6) is 5.75 Å². The maximum absolute atomic E-state index is 12.6. The molecule has 0 fully saturated rings. The monoisotopic (exact) mass is 254 g/mol. The SMILES string of the molecule is CN(CCOc1ccc(F)cc1)C(=O)CCCN. The van der Waals surface area contributed by atoms with Crippen molar-refractivity contribution in [3.63, 3.8) is 0 Å². The summed E-state index contributed by atoms with van der Waals surface area (Å²) in [5.41, 5.74) is 5.34. The summed E-state index contributed by atoms with van der Waals surface area (Å²) in [4.78, 5) is 13.2. The fraction of sp³-hybridized carbons (Fsp3) is 0.462. The Bertz CT molecular complexity index is 368. The Morgan fingerprint density at radius 1 is 1.39 bits per heavy atom. The summed E-state index contributed by atoms with van der Waals surface area (Å²) in [6.45, 7) is 1.41. The minimum atomic E-state index is -0.295. The van der Waals surface area contributed by atoms with Crippen LogP contribution in [0.3, 0.4) is 0 Å². The zero-order valence-corrected chi connectivity index (χ0v) is 10.6. The van der Waals surface area contributed by atoms with E-state index in [1.807, 2.05) is 0 Å². The molecule has 0 heterocycles. The summed E-state index contributed by atoms with van der Waals surface area (Å²) < 4.78 is 18.0. The lowest BCUT2D eigenvalue weighted by atomic mass is 10.3. The minimum absolute atomic E-state index is 0.0585. The zero-order chi connectivity index (χ0) is 13.4. The number of nitrogens with two attached hydrogens (primary N) is 1. The lowest BCUT2D eigenvalue weighted by molar-refractivity contribution is -0.130. The highest BCUT2D eigenvalue weighted by atomic mass is 19.1. The number of amides is 1. The second-order valence-corrected chi connectivity index (χ2v) is 4.01. The fourth-order valence-electron chi connectivity index (χ4n) is 1.40. The quantitative estimate of drug-likeness (QED) is 0.800. The molecule has 0 bridgehead atoms. The molecule has 4 nitrogen and oxygen atoms in total. The Hall–Kier alpha value is -1.62. The first kappa shape index (κ1) is 14.4. The topological polar surface area (TPSA) is 55.6 Å². The van der Waals surface area contributed by atoms with Gasteiger partial charge >= 0.3 is 0 Å². The van der Waals surface area contributed by atoms with Crippen LogP contribution in [0.15, 0.2) is 24.3 Å². The number of rotatable bonds is 7. The third-order valence-electron chi connectivity index (χ3n) is 2.53. The first-order valence-electron chi connectivity index (χ1n) is 5.96. The van der Waals surface area contributed by atoms with Crippen LogP contribution in [0.2, 0.25) is 0 Å². The van der Waals surface area contributed by atoms with Gasteiger partial charge in [0.05, 0.1) is 6.54 Å². The molecule has 0 spiro atoms. The molecule has 0 aliphatic rings. The second-order valence-electron chi connectivity index (χ2n) is 4.01. The van der Waals surface area contributed by atoms with Gasteiger partial charge in [-0.25, -0.2) is 4.39 Å². The molecule has 1 aromatic rings. The van der Waals surface area contributed by atoms with Crippen LogP contribution in [0.1, 0.15) is 12.8 Å². The smallest absolute Gasteiger partial charge is 0.222 e. The van der Waals surface area contributed by atoms with E-state index in [-0.39, 0.29) is 11.7 Å². The Morgan fingerprint density at radius 2 is 2.06 bits per heavy atom. The summed E-state index contributed by atoms with van der Waals surface area (Å²) in [6, 6.07) is 5.80. The van der Waals surface area contributed by atoms with E-state index in [0.29, 0.717) is 38.3 Å². The maximum Gasteiger partial charge on any atom is 0.222 e. The summed E-state index contributed by atoms with van der Waals surface area (Å²) in [7, 11) is 1.73. The number of carbonyl (C=O) groups excluding carboxylic acids is 1. The highest BCUT2D eigenvalue weighted by Gasteiger charge is 2.07. The van der Waals surface area contributed by atoms with Crippen molar-refractivity contribution in [1.82, 2.24) is 4.90 Å². The molecule has 0 radical (unpaired) electrons. The van der Waals surface area contributed by atoms with E-state index < -0.39 is 0 Å². The van der Waals surface area contributed by atoms with Crippen LogP contribution in [-0.4, -0.2) is 37.6 Å². The number of ether oxygens (including phenoxy) is 1. The van der Waals surface area contributed by atoms with Gasteiger partial charge in [-0.15, -0.1) is 0 Å². The van der Waals surface area contributed by atoms with Gasteiger partial charge in [0.25, 0.3) is 0 Å². The first-order valence-corrected chi connectivity index (χ1v) is 5.96. The second kappa shape index (κ2) is 7.66. The zero-order valence-electron chi connectivity index (χ0n) is 10.6. The van der Waals surface area contributed by atoms with Gasteiger partial charge in [0.2, 0.25) is 5.91 Å². The van der Waals surface area contributed by atoms with Crippen molar-refractivity contribution in [3.05, 3.63) is 30.1 Å². The molecule has 0 atom stereocenters. The van der Waals surface area contributed by atoms with Crippen molar-refractivity contribution in [2.45, 2.75) is 12.8 Å². The van der Waals surface area contributed by atoms with Gasteiger partial charge in [-0.3, -0.25) is 4.79 Å². The van der Waals surface area contributed by atoms with Gasteiger partial charge in [-0.05, 0) is 37.2 Å². The van der Waals surface area contributed by atoms with E-state index in [9.17, 15) is 9.18 Å². The molecule has 1 rings (SSSR count). The Balaban J connectivity index is 2.24. The maximum atomic E-state index is 12.6. The Labute approximate surface area is 107 Å². The van der Waals surface area contributed by atoms with Crippen LogP contribution in [0.25, 0.3) is 0 Å². The summed E-state index contributed by atoms with van der Waals surface area (Å²) in [5, 5.41) is 0. The van der Waals surface area contributed by atoms with Crippen molar-refractivity contribution >= 4 is 5.91 Å². The predicted octanol–water partition coefficient (Wildman–Crippen LogP) is 1.40. The first-order chi connectivity index (χ1) is 8.63. The van der Waals surface area contributed by atoms with E-state index in [2.05, 4.69) is 0 Å². The molecule has 18 heavy (non-hydrogen) atoms. The number of likely N-dealkylation sites (N-methyl/N-ethyl adjacent to an activating group) is 1. The van der Waals surface area contributed by atoms with Crippen LogP contribution < -0.4 is 10.5 Å². The Kier molecular flexibility index (Phi) is 6.14. The molecular weight excluding hydrogens is 235 g/mol. The predicted molar refractivity (Wildman–Crippen MR) is 67.8 cm³/mol. The van der Waals surface area contributed by atoms with E-state index in [1.54, 1.807) is 24.1 Å². The summed E-state index contributed by atoms with van der Waals surface area (Å²) in [6.07, 6.45) is 1.16. The molecule has 1 amide bonds. The van der Waals surface area contributed by atoms with Crippen molar-refractivity contribution < 1.29 is 13.9 Å². The molecule has 0 saturated carbocycles. The molecule has 5 heteroatoms. The number of benzene rings is 1. The van der Waals surface area contributed by atoms with Crippen molar-refractivity contribution in [2.24, 2.45) is 5.73 Å². The number of nitrogens with zero attached hydrogens (tertiary/aromatic N) is 1. The standard InChI is InChI=1S/C13H19FN2O2/c1-16(13(17)3-2-8-15)9-10-18-12-6-4-11(14)5-7-12/h4-7H,2-3,8-10,15H2,1H3. The van der Waals surface area contributed by atoms with Gasteiger partial charge in [0.15, 0.2) is 0 Å². The molecule has 1 aromatic carbocycles. The van der Waals surface area contributed by atoms with Gasteiger partial charge in [-0.2, -0.15) is 0 Å². The number of hydrogen-bond donors (Lipinski definition) is 1. The van der Waals surface area contributed by atoms with Crippen LogP contribution in [-0.2, 0) is 4.79 Å². The third-order valence-corrected chi connectivity index (χ3v) is 2.53. The van der Waals surface area contributed by atoms with Crippen molar-refractivity contribution in [3.8, 4) is 5.75 Å². The normalized spacial score (nSPS) is 10.2. The lowest BCUT2D eigenvalue weighted by Gasteiger charge is -2.17. The van der Waals surface area contributed by atoms with Gasteiger partial charge in [0.1, 0.15) is 18.2 Å². The van der Waals surface area contributed by atoms with Crippen molar-refractivity contribution in [1.29, 1.82) is 0 Å². The van der Waals surface area contributed by atoms with E-state index >= 15 is 0 Å². The highest BCUT2D eigenvalue weighted by Crippen LogP contribution is 2.10. The molecule has 0 aliphatic carbocycles. The fourth-order valence-corrected chi connectivity index (χ4v) is 1.40. The molecule has 100 valence electrons. The molecule has 0 saturated heterocycles. The van der Waals surface area contributed by atoms with Crippen LogP contribution in [0.4, 0.5) is 4.39 Å². The van der Waals surface area contributed by atoms with Gasteiger partial charge in [0, 0.05) is 13.5 Å². The number of halogens is 1. The highest BCUT2D eigenvalue weighted by molar-refractivity contribution is 5.75. The van der Waals surface area contributed by atoms with E-state index in [1.165, 1.54) is 12.1 Å². The molecule has 0 aromatic heterocycles. The molecule has 2 N–H and O–H groups in total. The third kappa shape index (κ3) is 5.14. The van der Waals surface area contributed by atoms with E-state index in [4.69, 9.17) is 10.5 Å². The lowest BCUT2D eigenvalue weighted by Crippen LogP contribution is -2.31. The number of hydrogen-bond acceptors (Lipinski definition) is 3. The van der Waals surface area contributed by atoms with Crippen LogP contribution in [0, 0.1) is 5.82 Å². The van der Waals surface area contributed by atoms with Gasteiger partial charge < -0.3 is 15.4 Å². The number of carbonyl (C=O) groups is 1. The molecule has 0 unspecified atom stereocenters. The largest absolute Gasteiger partial charge is 0.492 e.